The number of benzene rings is 3. The summed E-state index contributed by atoms with van der Waals surface area (Å²) in [5.41, 5.74) is 5.40. The summed E-state index contributed by atoms with van der Waals surface area (Å²) < 4.78 is 16.6. The van der Waals surface area contributed by atoms with Crippen molar-refractivity contribution in [1.82, 2.24) is 9.80 Å². The first kappa shape index (κ1) is 29.2. The van der Waals surface area contributed by atoms with E-state index in [-0.39, 0.29) is 30.4 Å². The van der Waals surface area contributed by atoms with Crippen LogP contribution in [0.5, 0.6) is 17.2 Å². The van der Waals surface area contributed by atoms with Gasteiger partial charge < -0.3 is 29.3 Å². The van der Waals surface area contributed by atoms with Crippen LogP contribution >= 0.6 is 0 Å². The van der Waals surface area contributed by atoms with Gasteiger partial charge in [-0.05, 0) is 59.4 Å². The molecule has 1 atom stereocenters. The van der Waals surface area contributed by atoms with E-state index in [9.17, 15) is 9.59 Å². The first-order valence-corrected chi connectivity index (χ1v) is 15.7. The van der Waals surface area contributed by atoms with E-state index in [2.05, 4.69) is 35.0 Å². The van der Waals surface area contributed by atoms with Crippen molar-refractivity contribution in [2.24, 2.45) is 5.41 Å². The van der Waals surface area contributed by atoms with E-state index in [1.165, 1.54) is 5.56 Å². The molecule has 3 heterocycles. The van der Waals surface area contributed by atoms with Crippen LogP contribution in [0.2, 0.25) is 0 Å². The highest BCUT2D eigenvalue weighted by atomic mass is 16.7. The van der Waals surface area contributed by atoms with E-state index in [0.29, 0.717) is 25.3 Å². The number of ketones is 1. The minimum atomic E-state index is -0.439. The molecule has 1 aliphatic carbocycles. The molecule has 3 aliphatic heterocycles. The molecule has 7 rings (SSSR count). The Hall–Kier alpha value is -4.50. The molecule has 0 spiro atoms. The van der Waals surface area contributed by atoms with Gasteiger partial charge in [-0.2, -0.15) is 0 Å². The lowest BCUT2D eigenvalue weighted by Gasteiger charge is -2.40. The molecule has 0 radical (unpaired) electrons. The molecule has 45 heavy (non-hydrogen) atoms. The molecular formula is C36H40N4O5. The summed E-state index contributed by atoms with van der Waals surface area (Å²) in [5.74, 6) is 2.45. The number of methoxy groups -OCH3 is 1. The topological polar surface area (TPSA) is 83.6 Å². The van der Waals surface area contributed by atoms with Gasteiger partial charge in [0.15, 0.2) is 17.3 Å². The number of carbonyl (C=O) groups excluding carboxylic acids is 2. The quantitative estimate of drug-likeness (QED) is 0.399. The second-order valence-corrected chi connectivity index (χ2v) is 13.1. The molecule has 1 amide bonds. The molecule has 1 unspecified atom stereocenters. The molecule has 3 aromatic rings. The van der Waals surface area contributed by atoms with Gasteiger partial charge in [0.2, 0.25) is 12.7 Å². The Morgan fingerprint density at radius 1 is 0.956 bits per heavy atom. The minimum Gasteiger partial charge on any atom is -0.497 e. The lowest BCUT2D eigenvalue weighted by Crippen LogP contribution is -2.51. The van der Waals surface area contributed by atoms with Crippen molar-refractivity contribution in [3.8, 4) is 17.2 Å². The second-order valence-electron chi connectivity index (χ2n) is 13.1. The molecule has 9 nitrogen and oxygen atoms in total. The van der Waals surface area contributed by atoms with E-state index in [1.54, 1.807) is 7.11 Å². The summed E-state index contributed by atoms with van der Waals surface area (Å²) >= 11 is 0. The van der Waals surface area contributed by atoms with Crippen molar-refractivity contribution in [1.29, 1.82) is 0 Å². The molecule has 0 bridgehead atoms. The predicted octanol–water partition coefficient (Wildman–Crippen LogP) is 5.38. The molecule has 3 aromatic carbocycles. The summed E-state index contributed by atoms with van der Waals surface area (Å²) in [5, 5.41) is 3.64. The number of piperazine rings is 1. The first-order chi connectivity index (χ1) is 21.8. The fraction of sp³-hybridized carbons (Fsp3) is 0.389. The number of ether oxygens (including phenoxy) is 3. The van der Waals surface area contributed by atoms with Crippen LogP contribution < -0.4 is 24.4 Å². The molecule has 0 saturated carbocycles. The molecule has 234 valence electrons. The van der Waals surface area contributed by atoms with Crippen molar-refractivity contribution in [2.45, 2.75) is 39.3 Å². The third-order valence-corrected chi connectivity index (χ3v) is 9.29. The van der Waals surface area contributed by atoms with Crippen molar-refractivity contribution in [2.75, 3.05) is 56.8 Å². The van der Waals surface area contributed by atoms with Crippen LogP contribution in [0.3, 0.4) is 0 Å². The lowest BCUT2D eigenvalue weighted by molar-refractivity contribution is -0.131. The van der Waals surface area contributed by atoms with Crippen molar-refractivity contribution >= 4 is 23.1 Å². The largest absolute Gasteiger partial charge is 0.497 e. The molecule has 1 fully saturated rings. The fourth-order valence-corrected chi connectivity index (χ4v) is 7.08. The molecule has 1 N–H and O–H groups in total. The first-order valence-electron chi connectivity index (χ1n) is 15.7. The maximum atomic E-state index is 14.1. The number of fused-ring (bicyclic) bond motifs is 2. The van der Waals surface area contributed by atoms with Crippen LogP contribution in [0.15, 0.2) is 78.0 Å². The third kappa shape index (κ3) is 5.84. The number of anilines is 2. The molecular weight excluding hydrogens is 568 g/mol. The molecule has 0 aromatic heterocycles. The van der Waals surface area contributed by atoms with Gasteiger partial charge >= 0.3 is 0 Å². The number of rotatable bonds is 6. The van der Waals surface area contributed by atoms with Gasteiger partial charge in [0, 0.05) is 50.4 Å². The average Bonchev–Trinajstić information content (AvgIpc) is 3.45. The zero-order valence-corrected chi connectivity index (χ0v) is 26.2. The number of nitrogens with zero attached hydrogens (tertiary/aromatic N) is 3. The van der Waals surface area contributed by atoms with Gasteiger partial charge in [0.25, 0.3) is 0 Å². The van der Waals surface area contributed by atoms with Crippen molar-refractivity contribution < 1.29 is 23.8 Å². The van der Waals surface area contributed by atoms with Gasteiger partial charge in [-0.25, -0.2) is 0 Å². The number of Topliss-reactive ketones (excluding diaryl/α,β-unsaturated/α-hetero) is 1. The van der Waals surface area contributed by atoms with Crippen LogP contribution in [0.1, 0.15) is 43.9 Å². The van der Waals surface area contributed by atoms with E-state index in [4.69, 9.17) is 14.2 Å². The van der Waals surface area contributed by atoms with Crippen LogP contribution in [0, 0.1) is 5.41 Å². The van der Waals surface area contributed by atoms with Gasteiger partial charge in [0.1, 0.15) is 5.75 Å². The second kappa shape index (κ2) is 11.8. The van der Waals surface area contributed by atoms with Crippen LogP contribution in [0.4, 0.5) is 11.4 Å². The fourth-order valence-electron chi connectivity index (χ4n) is 7.08. The van der Waals surface area contributed by atoms with Gasteiger partial charge in [-0.3, -0.25) is 14.5 Å². The van der Waals surface area contributed by atoms with Gasteiger partial charge in [-0.15, -0.1) is 0 Å². The summed E-state index contributed by atoms with van der Waals surface area (Å²) in [6.07, 6.45) is 1.20. The number of hydrogen-bond acceptors (Lipinski definition) is 8. The number of para-hydroxylation sites is 2. The van der Waals surface area contributed by atoms with Crippen LogP contribution in [0.25, 0.3) is 0 Å². The maximum absolute atomic E-state index is 14.1. The Kier molecular flexibility index (Phi) is 7.65. The number of allylic oxidation sites excluding steroid dienone is 1. The van der Waals surface area contributed by atoms with E-state index in [0.717, 1.165) is 65.8 Å². The van der Waals surface area contributed by atoms with E-state index >= 15 is 0 Å². The standard InChI is InChI=1S/C36H40N4O5/c1-36(2)19-28-34(30(41)20-36)35(25-7-6-8-26(18-25)43-3)40(29-10-5-4-9-27(29)37-28)22-33(42)39-15-13-38(14-16-39)21-24-11-12-31-32(17-24)45-23-44-31/h4-12,17-18,35,37H,13-16,19-23H2,1-3H3. The molecule has 4 aliphatic rings. The predicted molar refractivity (Wildman–Crippen MR) is 173 cm³/mol. The van der Waals surface area contributed by atoms with Crippen LogP contribution in [-0.2, 0) is 16.1 Å². The summed E-state index contributed by atoms with van der Waals surface area (Å²) in [6, 6.07) is 21.6. The SMILES string of the molecule is COc1cccc(C2C3=C(CC(C)(C)CC3=O)Nc3ccccc3N2CC(=O)N2CCN(Cc3ccc4c(c3)OCO4)CC2)c1. The maximum Gasteiger partial charge on any atom is 0.242 e. The lowest BCUT2D eigenvalue weighted by atomic mass is 9.73. The molecule has 1 saturated heterocycles. The number of hydrogen-bond donors (Lipinski definition) is 1. The molecule has 9 heteroatoms. The highest BCUT2D eigenvalue weighted by Crippen LogP contribution is 2.48. The Morgan fingerprint density at radius 2 is 1.76 bits per heavy atom. The highest BCUT2D eigenvalue weighted by Gasteiger charge is 2.42. The Balaban J connectivity index is 1.16. The number of nitrogens with one attached hydrogen (secondary N) is 1. The normalized spacial score (nSPS) is 20.7. The van der Waals surface area contributed by atoms with E-state index < -0.39 is 6.04 Å². The Morgan fingerprint density at radius 3 is 2.58 bits per heavy atom. The zero-order chi connectivity index (χ0) is 31.1. The average molecular weight is 609 g/mol. The van der Waals surface area contributed by atoms with E-state index in [1.807, 2.05) is 65.6 Å². The summed E-state index contributed by atoms with van der Waals surface area (Å²) in [7, 11) is 1.65. The number of amides is 1. The van der Waals surface area contributed by atoms with Crippen molar-refractivity contribution in [3.05, 3.63) is 89.1 Å². The Bertz CT molecular complexity index is 1660. The summed E-state index contributed by atoms with van der Waals surface area (Å²) in [6.45, 7) is 8.32. The smallest absolute Gasteiger partial charge is 0.242 e. The monoisotopic (exact) mass is 608 g/mol. The highest BCUT2D eigenvalue weighted by molar-refractivity contribution is 6.02. The minimum absolute atomic E-state index is 0.0491. The summed E-state index contributed by atoms with van der Waals surface area (Å²) in [4.78, 5) is 34.6. The van der Waals surface area contributed by atoms with Crippen molar-refractivity contribution in [3.63, 3.8) is 0 Å². The van der Waals surface area contributed by atoms with Crippen LogP contribution in [-0.4, -0.2) is 68.1 Å². The third-order valence-electron chi connectivity index (χ3n) is 9.29. The Labute approximate surface area is 264 Å². The van der Waals surface area contributed by atoms with Gasteiger partial charge in [-0.1, -0.05) is 44.2 Å². The van der Waals surface area contributed by atoms with Gasteiger partial charge in [0.05, 0.1) is 31.1 Å². The number of carbonyl (C=O) groups is 2. The zero-order valence-electron chi connectivity index (χ0n) is 26.2.